The van der Waals surface area contributed by atoms with E-state index in [9.17, 15) is 13.5 Å². The van der Waals surface area contributed by atoms with Crippen molar-refractivity contribution in [1.82, 2.24) is 4.90 Å². The highest BCUT2D eigenvalue weighted by Crippen LogP contribution is 2.24. The molecule has 0 aliphatic carbocycles. The van der Waals surface area contributed by atoms with Gasteiger partial charge in [0.1, 0.15) is 0 Å². The fraction of sp³-hybridized carbons (Fsp3) is 0.923. The van der Waals surface area contributed by atoms with E-state index >= 15 is 0 Å². The minimum atomic E-state index is -2.97. The third-order valence-corrected chi connectivity index (χ3v) is 6.05. The summed E-state index contributed by atoms with van der Waals surface area (Å²) < 4.78 is 22.7. The van der Waals surface area contributed by atoms with Crippen LogP contribution in [-0.2, 0) is 9.84 Å². The number of nitrogens with zero attached hydrogens (tertiary/aromatic N) is 2. The van der Waals surface area contributed by atoms with Crippen molar-refractivity contribution in [3.63, 3.8) is 0 Å². The van der Waals surface area contributed by atoms with Crippen LogP contribution in [0, 0.1) is 5.92 Å². The molecule has 2 aliphatic heterocycles. The van der Waals surface area contributed by atoms with E-state index in [0.29, 0.717) is 5.96 Å². The molecule has 2 saturated heterocycles. The number of nitrogens with two attached hydrogens (primary N) is 1. The number of hydrogen-bond donors (Lipinski definition) is 2. The highest BCUT2D eigenvalue weighted by molar-refractivity contribution is 7.91. The number of aliphatic hydroxyl groups is 1. The van der Waals surface area contributed by atoms with Crippen LogP contribution in [0.3, 0.4) is 0 Å². The van der Waals surface area contributed by atoms with E-state index in [1.165, 1.54) is 0 Å². The molecular formula is C13H25N3O3S. The lowest BCUT2D eigenvalue weighted by Gasteiger charge is -2.33. The van der Waals surface area contributed by atoms with E-state index in [4.69, 9.17) is 5.73 Å². The van der Waals surface area contributed by atoms with Gasteiger partial charge in [-0.2, -0.15) is 0 Å². The first-order valence-corrected chi connectivity index (χ1v) is 9.09. The van der Waals surface area contributed by atoms with Crippen molar-refractivity contribution in [2.24, 2.45) is 16.6 Å². The van der Waals surface area contributed by atoms with Crippen molar-refractivity contribution in [3.05, 3.63) is 0 Å². The first-order chi connectivity index (χ1) is 9.30. The fourth-order valence-electron chi connectivity index (χ4n) is 2.64. The van der Waals surface area contributed by atoms with Crippen molar-refractivity contribution in [1.29, 1.82) is 0 Å². The van der Waals surface area contributed by atoms with E-state index in [1.807, 2.05) is 4.90 Å². The van der Waals surface area contributed by atoms with Crippen LogP contribution in [0.4, 0.5) is 0 Å². The largest absolute Gasteiger partial charge is 0.388 e. The number of piperidine rings is 1. The summed E-state index contributed by atoms with van der Waals surface area (Å²) in [5.74, 6) is 1.28. The third kappa shape index (κ3) is 4.09. The smallest absolute Gasteiger partial charge is 0.191 e. The van der Waals surface area contributed by atoms with Crippen LogP contribution in [0.15, 0.2) is 4.99 Å². The minimum Gasteiger partial charge on any atom is -0.388 e. The van der Waals surface area contributed by atoms with E-state index < -0.39 is 15.4 Å². The summed E-state index contributed by atoms with van der Waals surface area (Å²) in [6, 6.07) is 0. The second-order valence-electron chi connectivity index (χ2n) is 6.22. The fourth-order valence-corrected chi connectivity index (χ4v) is 4.23. The summed E-state index contributed by atoms with van der Waals surface area (Å²) in [6.45, 7) is 4.24. The summed E-state index contributed by atoms with van der Waals surface area (Å²) in [5, 5.41) is 10.3. The first-order valence-electron chi connectivity index (χ1n) is 7.27. The molecule has 7 heteroatoms. The van der Waals surface area contributed by atoms with Gasteiger partial charge >= 0.3 is 0 Å². The zero-order chi connectivity index (χ0) is 14.8. The number of guanidine groups is 1. The number of rotatable bonds is 2. The van der Waals surface area contributed by atoms with Crippen molar-refractivity contribution >= 4 is 15.8 Å². The predicted molar refractivity (Wildman–Crippen MR) is 79.3 cm³/mol. The molecule has 0 spiro atoms. The third-order valence-electron chi connectivity index (χ3n) is 4.40. The summed E-state index contributed by atoms with van der Waals surface area (Å²) in [7, 11) is -2.97. The number of likely N-dealkylation sites (tertiary alicyclic amines) is 1. The van der Waals surface area contributed by atoms with Crippen LogP contribution in [0.2, 0.25) is 0 Å². The van der Waals surface area contributed by atoms with Gasteiger partial charge in [-0.1, -0.05) is 6.92 Å². The highest BCUT2D eigenvalue weighted by atomic mass is 32.2. The zero-order valence-corrected chi connectivity index (χ0v) is 12.9. The second-order valence-corrected chi connectivity index (χ2v) is 8.52. The van der Waals surface area contributed by atoms with Gasteiger partial charge in [-0.3, -0.25) is 4.99 Å². The van der Waals surface area contributed by atoms with Gasteiger partial charge < -0.3 is 15.7 Å². The molecule has 0 amide bonds. The topological polar surface area (TPSA) is 96.0 Å². The maximum absolute atomic E-state index is 11.4. The maximum atomic E-state index is 11.4. The molecule has 3 N–H and O–H groups in total. The average Bonchev–Trinajstić information content (AvgIpc) is 2.41. The van der Waals surface area contributed by atoms with Crippen LogP contribution in [0.25, 0.3) is 0 Å². The summed E-state index contributed by atoms with van der Waals surface area (Å²) >= 11 is 0. The Kier molecular flexibility index (Phi) is 4.59. The van der Waals surface area contributed by atoms with E-state index in [0.717, 1.165) is 31.8 Å². The summed E-state index contributed by atoms with van der Waals surface area (Å²) in [5.41, 5.74) is 4.95. The normalized spacial score (nSPS) is 27.5. The molecule has 0 saturated carbocycles. The molecule has 2 rings (SSSR count). The average molecular weight is 303 g/mol. The Labute approximate surface area is 121 Å². The quantitative estimate of drug-likeness (QED) is 0.552. The SMILES string of the molecule is CC1CCN(C(N)=NCC2(O)CCS(=O)(=O)CC2)CC1. The Morgan fingerprint density at radius 2 is 1.90 bits per heavy atom. The van der Waals surface area contributed by atoms with Gasteiger partial charge in [-0.05, 0) is 31.6 Å². The lowest BCUT2D eigenvalue weighted by molar-refractivity contribution is 0.0395. The van der Waals surface area contributed by atoms with Gasteiger partial charge in [-0.15, -0.1) is 0 Å². The number of hydrogen-bond acceptors (Lipinski definition) is 4. The molecule has 2 fully saturated rings. The molecular weight excluding hydrogens is 278 g/mol. The summed E-state index contributed by atoms with van der Waals surface area (Å²) in [4.78, 5) is 6.34. The maximum Gasteiger partial charge on any atom is 0.191 e. The molecule has 0 aromatic heterocycles. The van der Waals surface area contributed by atoms with Crippen LogP contribution in [0.1, 0.15) is 32.6 Å². The van der Waals surface area contributed by atoms with Gasteiger partial charge in [0.05, 0.1) is 23.7 Å². The molecule has 116 valence electrons. The van der Waals surface area contributed by atoms with Gasteiger partial charge in [0.2, 0.25) is 0 Å². The first kappa shape index (κ1) is 15.6. The van der Waals surface area contributed by atoms with E-state index in [1.54, 1.807) is 0 Å². The number of aliphatic imine (C=N–C) groups is 1. The molecule has 20 heavy (non-hydrogen) atoms. The minimum absolute atomic E-state index is 0.0418. The van der Waals surface area contributed by atoms with Gasteiger partial charge in [0, 0.05) is 13.1 Å². The standard InChI is InChI=1S/C13H25N3O3S/c1-11-2-6-16(7-3-11)12(14)15-10-13(17)4-8-20(18,19)9-5-13/h11,17H,2-10H2,1H3,(H2,14,15). The van der Waals surface area contributed by atoms with Crippen molar-refractivity contribution in [2.45, 2.75) is 38.2 Å². The van der Waals surface area contributed by atoms with E-state index in [2.05, 4.69) is 11.9 Å². The molecule has 0 atom stereocenters. The van der Waals surface area contributed by atoms with Gasteiger partial charge in [0.15, 0.2) is 15.8 Å². The van der Waals surface area contributed by atoms with Crippen molar-refractivity contribution in [3.8, 4) is 0 Å². The Balaban J connectivity index is 1.88. The van der Waals surface area contributed by atoms with E-state index in [-0.39, 0.29) is 30.9 Å². The molecule has 0 radical (unpaired) electrons. The lowest BCUT2D eigenvalue weighted by Crippen LogP contribution is -2.45. The highest BCUT2D eigenvalue weighted by Gasteiger charge is 2.35. The molecule has 0 bridgehead atoms. The van der Waals surface area contributed by atoms with Crippen LogP contribution < -0.4 is 5.73 Å². The molecule has 0 aromatic rings. The predicted octanol–water partition coefficient (Wildman–Crippen LogP) is -0.0273. The molecule has 0 unspecified atom stereocenters. The molecule has 6 nitrogen and oxygen atoms in total. The van der Waals surface area contributed by atoms with Crippen molar-refractivity contribution < 1.29 is 13.5 Å². The van der Waals surface area contributed by atoms with Crippen LogP contribution in [-0.4, -0.2) is 61.1 Å². The molecule has 2 heterocycles. The van der Waals surface area contributed by atoms with Gasteiger partial charge in [0.25, 0.3) is 0 Å². The second kappa shape index (κ2) is 5.89. The number of sulfone groups is 1. The summed E-state index contributed by atoms with van der Waals surface area (Å²) in [6.07, 6.45) is 2.73. The molecule has 0 aromatic carbocycles. The monoisotopic (exact) mass is 303 g/mol. The van der Waals surface area contributed by atoms with Gasteiger partial charge in [-0.25, -0.2) is 8.42 Å². The Hall–Kier alpha value is -0.820. The Morgan fingerprint density at radius 1 is 1.35 bits per heavy atom. The van der Waals surface area contributed by atoms with Crippen LogP contribution in [0.5, 0.6) is 0 Å². The Bertz CT molecular complexity index is 453. The van der Waals surface area contributed by atoms with Crippen LogP contribution >= 0.6 is 0 Å². The van der Waals surface area contributed by atoms with Crippen molar-refractivity contribution in [2.75, 3.05) is 31.1 Å². The zero-order valence-electron chi connectivity index (χ0n) is 12.1. The Morgan fingerprint density at radius 3 is 2.45 bits per heavy atom. The molecule has 2 aliphatic rings. The lowest BCUT2D eigenvalue weighted by atomic mass is 9.97.